The molecule has 0 unspecified atom stereocenters. The Morgan fingerprint density at radius 2 is 2.03 bits per heavy atom. The Morgan fingerprint density at radius 1 is 1.19 bits per heavy atom. The minimum absolute atomic E-state index is 0.00714. The zero-order valence-electron chi connectivity index (χ0n) is 17.6. The normalized spacial score (nSPS) is 13.5. The number of nitrogens with one attached hydrogen (secondary N) is 1. The number of nitrogens with zero attached hydrogens (tertiary/aromatic N) is 5. The summed E-state index contributed by atoms with van der Waals surface area (Å²) in [5.41, 5.74) is 4.33. The topological polar surface area (TPSA) is 93.8 Å². The van der Waals surface area contributed by atoms with Crippen LogP contribution in [0.2, 0.25) is 0 Å². The number of aromatic nitrogens is 4. The van der Waals surface area contributed by atoms with E-state index in [9.17, 15) is 4.79 Å². The number of hydrogen-bond donors (Lipinski definition) is 1. The lowest BCUT2D eigenvalue weighted by Crippen LogP contribution is -2.14. The molecule has 160 valence electrons. The first-order valence-corrected chi connectivity index (χ1v) is 10.5. The second-order valence-electron chi connectivity index (χ2n) is 7.67. The fourth-order valence-electron chi connectivity index (χ4n) is 3.35. The Kier molecular flexibility index (Phi) is 5.33. The summed E-state index contributed by atoms with van der Waals surface area (Å²) in [6.07, 6.45) is 5.38. The minimum Gasteiger partial charge on any atom is -0.489 e. The van der Waals surface area contributed by atoms with Gasteiger partial charge in [0.15, 0.2) is 5.65 Å². The highest BCUT2D eigenvalue weighted by molar-refractivity contribution is 5.92. The summed E-state index contributed by atoms with van der Waals surface area (Å²) in [4.78, 5) is 24.7. The summed E-state index contributed by atoms with van der Waals surface area (Å²) >= 11 is 0. The fourth-order valence-corrected chi connectivity index (χ4v) is 3.35. The lowest BCUT2D eigenvalue weighted by molar-refractivity contribution is -0.117. The molecule has 4 aromatic rings. The summed E-state index contributed by atoms with van der Waals surface area (Å²) in [7, 11) is 1.72. The van der Waals surface area contributed by atoms with E-state index in [1.54, 1.807) is 24.0 Å². The molecule has 8 heteroatoms. The van der Waals surface area contributed by atoms with Gasteiger partial charge < -0.3 is 4.74 Å². The SMILES string of the molecule is CN=Cc1ccc(COc2ccc(-c3cccc4nc(NC(=O)C5CC5)nn34)cc2)cn1. The Morgan fingerprint density at radius 3 is 2.75 bits per heavy atom. The maximum atomic E-state index is 12.0. The average molecular weight is 426 g/mol. The number of amides is 1. The van der Waals surface area contributed by atoms with Crippen LogP contribution in [0.4, 0.5) is 5.95 Å². The van der Waals surface area contributed by atoms with Crippen LogP contribution in [-0.2, 0) is 11.4 Å². The Bertz CT molecular complexity index is 1270. The van der Waals surface area contributed by atoms with Gasteiger partial charge in [0.05, 0.1) is 11.4 Å². The van der Waals surface area contributed by atoms with Gasteiger partial charge in [-0.05, 0) is 55.3 Å². The second-order valence-corrected chi connectivity index (χ2v) is 7.67. The van der Waals surface area contributed by atoms with Gasteiger partial charge in [-0.3, -0.25) is 20.1 Å². The molecule has 5 rings (SSSR count). The molecule has 3 aromatic heterocycles. The minimum atomic E-state index is -0.00714. The number of fused-ring (bicyclic) bond motifs is 1. The molecule has 1 fully saturated rings. The van der Waals surface area contributed by atoms with Crippen LogP contribution >= 0.6 is 0 Å². The number of carbonyl (C=O) groups excluding carboxylic acids is 1. The molecular weight excluding hydrogens is 404 g/mol. The number of anilines is 1. The molecule has 0 radical (unpaired) electrons. The molecule has 0 atom stereocenters. The molecule has 1 saturated carbocycles. The molecule has 8 nitrogen and oxygen atoms in total. The summed E-state index contributed by atoms with van der Waals surface area (Å²) in [5.74, 6) is 1.19. The van der Waals surface area contributed by atoms with Gasteiger partial charge in [0.1, 0.15) is 12.4 Å². The molecule has 3 heterocycles. The van der Waals surface area contributed by atoms with Gasteiger partial charge in [0, 0.05) is 36.5 Å². The van der Waals surface area contributed by atoms with Crippen LogP contribution < -0.4 is 10.1 Å². The maximum absolute atomic E-state index is 12.0. The number of carbonyl (C=O) groups is 1. The zero-order valence-corrected chi connectivity index (χ0v) is 17.6. The van der Waals surface area contributed by atoms with Gasteiger partial charge >= 0.3 is 0 Å². The van der Waals surface area contributed by atoms with Crippen molar-refractivity contribution in [2.24, 2.45) is 10.9 Å². The largest absolute Gasteiger partial charge is 0.489 e. The maximum Gasteiger partial charge on any atom is 0.249 e. The third kappa shape index (κ3) is 4.34. The highest BCUT2D eigenvalue weighted by Crippen LogP contribution is 2.30. The van der Waals surface area contributed by atoms with Crippen LogP contribution in [0, 0.1) is 5.92 Å². The van der Waals surface area contributed by atoms with Gasteiger partial charge in [-0.2, -0.15) is 4.98 Å². The van der Waals surface area contributed by atoms with Crippen LogP contribution in [-0.4, -0.2) is 38.8 Å². The highest BCUT2D eigenvalue weighted by Gasteiger charge is 2.30. The van der Waals surface area contributed by atoms with Crippen molar-refractivity contribution < 1.29 is 9.53 Å². The number of rotatable bonds is 7. The second kappa shape index (κ2) is 8.58. The Hall–Kier alpha value is -4.07. The molecule has 1 aliphatic carbocycles. The van der Waals surface area contributed by atoms with Crippen molar-refractivity contribution in [3.05, 3.63) is 72.1 Å². The first-order valence-electron chi connectivity index (χ1n) is 10.5. The number of aliphatic imine (C=N–C) groups is 1. The molecule has 0 saturated heterocycles. The summed E-state index contributed by atoms with van der Waals surface area (Å²) < 4.78 is 7.63. The fraction of sp³-hybridized carbons (Fsp3) is 0.208. The van der Waals surface area contributed by atoms with E-state index in [1.807, 2.05) is 54.6 Å². The number of ether oxygens (including phenoxy) is 1. The summed E-state index contributed by atoms with van der Waals surface area (Å²) in [6.45, 7) is 0.429. The van der Waals surface area contributed by atoms with Gasteiger partial charge in [0.25, 0.3) is 0 Å². The molecule has 1 aliphatic rings. The van der Waals surface area contributed by atoms with Crippen molar-refractivity contribution in [2.45, 2.75) is 19.4 Å². The van der Waals surface area contributed by atoms with Crippen LogP contribution in [0.25, 0.3) is 16.9 Å². The number of benzene rings is 1. The predicted octanol–water partition coefficient (Wildman–Crippen LogP) is 3.77. The van der Waals surface area contributed by atoms with Crippen molar-refractivity contribution >= 4 is 23.7 Å². The van der Waals surface area contributed by atoms with E-state index in [0.29, 0.717) is 18.2 Å². The van der Waals surface area contributed by atoms with Crippen molar-refractivity contribution in [3.63, 3.8) is 0 Å². The smallest absolute Gasteiger partial charge is 0.249 e. The van der Waals surface area contributed by atoms with Crippen LogP contribution in [0.15, 0.2) is 65.8 Å². The van der Waals surface area contributed by atoms with Gasteiger partial charge in [-0.1, -0.05) is 12.1 Å². The quantitative estimate of drug-likeness (QED) is 0.454. The third-order valence-corrected chi connectivity index (χ3v) is 5.21. The standard InChI is InChI=1S/C24H22N6O2/c1-25-14-19-10-5-16(13-26-19)15-32-20-11-8-17(9-12-20)21-3-2-4-22-27-24(29-30(21)22)28-23(31)18-6-7-18/h2-5,8-14,18H,6-7,15H2,1H3,(H,28,29,31). The van der Waals surface area contributed by atoms with Crippen molar-refractivity contribution in [1.29, 1.82) is 0 Å². The van der Waals surface area contributed by atoms with Crippen LogP contribution in [0.5, 0.6) is 5.75 Å². The van der Waals surface area contributed by atoms with E-state index in [1.165, 1.54) is 0 Å². The molecule has 0 spiro atoms. The molecule has 1 aromatic carbocycles. The first kappa shape index (κ1) is 19.9. The predicted molar refractivity (Wildman–Crippen MR) is 122 cm³/mol. The van der Waals surface area contributed by atoms with Gasteiger partial charge in [0.2, 0.25) is 11.9 Å². The van der Waals surface area contributed by atoms with E-state index in [0.717, 1.165) is 41.1 Å². The van der Waals surface area contributed by atoms with E-state index in [4.69, 9.17) is 4.74 Å². The third-order valence-electron chi connectivity index (χ3n) is 5.21. The monoisotopic (exact) mass is 426 g/mol. The zero-order chi connectivity index (χ0) is 21.9. The lowest BCUT2D eigenvalue weighted by atomic mass is 10.1. The Labute approximate surface area is 185 Å². The van der Waals surface area contributed by atoms with Crippen molar-refractivity contribution in [3.8, 4) is 17.0 Å². The summed E-state index contributed by atoms with van der Waals surface area (Å²) in [5, 5.41) is 7.29. The molecule has 1 N–H and O–H groups in total. The van der Waals surface area contributed by atoms with E-state index >= 15 is 0 Å². The number of pyridine rings is 2. The molecule has 0 aliphatic heterocycles. The summed E-state index contributed by atoms with van der Waals surface area (Å²) in [6, 6.07) is 17.5. The van der Waals surface area contributed by atoms with E-state index in [-0.39, 0.29) is 11.8 Å². The Balaban J connectivity index is 1.29. The molecular formula is C24H22N6O2. The van der Waals surface area contributed by atoms with Gasteiger partial charge in [-0.15, -0.1) is 5.10 Å². The van der Waals surface area contributed by atoms with Crippen molar-refractivity contribution in [2.75, 3.05) is 12.4 Å². The van der Waals surface area contributed by atoms with Crippen molar-refractivity contribution in [1.82, 2.24) is 19.6 Å². The first-order chi connectivity index (χ1) is 15.7. The number of hydrogen-bond acceptors (Lipinski definition) is 6. The highest BCUT2D eigenvalue weighted by atomic mass is 16.5. The van der Waals surface area contributed by atoms with Crippen LogP contribution in [0.1, 0.15) is 24.1 Å². The van der Waals surface area contributed by atoms with E-state index < -0.39 is 0 Å². The van der Waals surface area contributed by atoms with E-state index in [2.05, 4.69) is 25.4 Å². The average Bonchev–Trinajstić information content (AvgIpc) is 3.59. The lowest BCUT2D eigenvalue weighted by Gasteiger charge is -2.08. The molecule has 1 amide bonds. The molecule has 0 bridgehead atoms. The van der Waals surface area contributed by atoms with Gasteiger partial charge in [-0.25, -0.2) is 4.52 Å². The molecule has 32 heavy (non-hydrogen) atoms. The van der Waals surface area contributed by atoms with Crippen LogP contribution in [0.3, 0.4) is 0 Å².